The molecule has 0 aliphatic rings. The molecule has 0 aliphatic carbocycles. The quantitative estimate of drug-likeness (QED) is 0.634. The molecule has 0 spiro atoms. The molecule has 3 amide bonds. The first-order valence-electron chi connectivity index (χ1n) is 8.41. The maximum absolute atomic E-state index is 12.2. The SMILES string of the molecule is CCNC(=O)COc1ccc(NC(=O)NC(C)c2ccc(Cl)cc2Cl)cc1. The van der Waals surface area contributed by atoms with Gasteiger partial charge in [0, 0.05) is 22.3 Å². The molecule has 0 aliphatic heterocycles. The molecule has 0 aromatic heterocycles. The number of rotatable bonds is 7. The predicted molar refractivity (Wildman–Crippen MR) is 108 cm³/mol. The van der Waals surface area contributed by atoms with E-state index in [0.717, 1.165) is 5.56 Å². The number of halogens is 2. The second kappa shape index (κ2) is 10.0. The minimum Gasteiger partial charge on any atom is -0.484 e. The van der Waals surface area contributed by atoms with Gasteiger partial charge in [-0.25, -0.2) is 4.79 Å². The van der Waals surface area contributed by atoms with Gasteiger partial charge in [0.25, 0.3) is 5.91 Å². The zero-order chi connectivity index (χ0) is 19.8. The summed E-state index contributed by atoms with van der Waals surface area (Å²) in [6.45, 7) is 4.17. The fourth-order valence-corrected chi connectivity index (χ4v) is 2.90. The van der Waals surface area contributed by atoms with E-state index in [9.17, 15) is 9.59 Å². The molecule has 1 unspecified atom stereocenters. The molecule has 0 heterocycles. The van der Waals surface area contributed by atoms with E-state index in [1.807, 2.05) is 13.8 Å². The van der Waals surface area contributed by atoms with E-state index >= 15 is 0 Å². The van der Waals surface area contributed by atoms with E-state index in [1.54, 1.807) is 42.5 Å². The highest BCUT2D eigenvalue weighted by molar-refractivity contribution is 6.35. The zero-order valence-electron chi connectivity index (χ0n) is 15.0. The molecule has 2 rings (SSSR count). The lowest BCUT2D eigenvalue weighted by atomic mass is 10.1. The molecule has 0 saturated heterocycles. The summed E-state index contributed by atoms with van der Waals surface area (Å²) < 4.78 is 5.36. The van der Waals surface area contributed by atoms with Crippen molar-refractivity contribution in [2.24, 2.45) is 0 Å². The van der Waals surface area contributed by atoms with Crippen LogP contribution in [-0.4, -0.2) is 25.1 Å². The number of urea groups is 1. The number of hydrogen-bond acceptors (Lipinski definition) is 3. The van der Waals surface area contributed by atoms with E-state index in [1.165, 1.54) is 0 Å². The van der Waals surface area contributed by atoms with Crippen LogP contribution in [-0.2, 0) is 4.79 Å². The maximum Gasteiger partial charge on any atom is 0.319 e. The number of carbonyl (C=O) groups is 2. The summed E-state index contributed by atoms with van der Waals surface area (Å²) in [5.41, 5.74) is 1.36. The normalized spacial score (nSPS) is 11.4. The number of anilines is 1. The average molecular weight is 410 g/mol. The smallest absolute Gasteiger partial charge is 0.319 e. The summed E-state index contributed by atoms with van der Waals surface area (Å²) >= 11 is 12.0. The molecule has 27 heavy (non-hydrogen) atoms. The number of benzene rings is 2. The Balaban J connectivity index is 1.87. The van der Waals surface area contributed by atoms with Gasteiger partial charge in [-0.15, -0.1) is 0 Å². The summed E-state index contributed by atoms with van der Waals surface area (Å²) in [6.07, 6.45) is 0. The monoisotopic (exact) mass is 409 g/mol. The molecule has 0 fully saturated rings. The van der Waals surface area contributed by atoms with E-state index in [4.69, 9.17) is 27.9 Å². The number of ether oxygens (including phenoxy) is 1. The van der Waals surface area contributed by atoms with Gasteiger partial charge in [-0.1, -0.05) is 29.3 Å². The summed E-state index contributed by atoms with van der Waals surface area (Å²) in [6, 6.07) is 11.2. The molecule has 144 valence electrons. The third-order valence-electron chi connectivity index (χ3n) is 3.63. The van der Waals surface area contributed by atoms with Gasteiger partial charge in [-0.05, 0) is 55.8 Å². The van der Waals surface area contributed by atoms with Crippen molar-refractivity contribution in [3.05, 3.63) is 58.1 Å². The Morgan fingerprint density at radius 1 is 1.11 bits per heavy atom. The second-order valence-electron chi connectivity index (χ2n) is 5.75. The molecule has 0 radical (unpaired) electrons. The van der Waals surface area contributed by atoms with Gasteiger partial charge in [0.05, 0.1) is 6.04 Å². The van der Waals surface area contributed by atoms with Crippen molar-refractivity contribution in [3.8, 4) is 5.75 Å². The minimum atomic E-state index is -0.371. The van der Waals surface area contributed by atoms with Crippen LogP contribution >= 0.6 is 23.2 Å². The van der Waals surface area contributed by atoms with Crippen molar-refractivity contribution in [1.82, 2.24) is 10.6 Å². The lowest BCUT2D eigenvalue weighted by Crippen LogP contribution is -2.31. The number of nitrogens with one attached hydrogen (secondary N) is 3. The van der Waals surface area contributed by atoms with Crippen molar-refractivity contribution < 1.29 is 14.3 Å². The largest absolute Gasteiger partial charge is 0.484 e. The Morgan fingerprint density at radius 3 is 2.44 bits per heavy atom. The standard InChI is InChI=1S/C19H21Cl2N3O3/c1-3-22-18(25)11-27-15-7-5-14(6-8-15)24-19(26)23-12(2)16-9-4-13(20)10-17(16)21/h4-10,12H,3,11H2,1-2H3,(H,22,25)(H2,23,24,26). The Labute approximate surface area is 168 Å². The van der Waals surface area contributed by atoms with Crippen LogP contribution in [0.5, 0.6) is 5.75 Å². The zero-order valence-corrected chi connectivity index (χ0v) is 16.5. The van der Waals surface area contributed by atoms with Crippen LogP contribution in [0.3, 0.4) is 0 Å². The van der Waals surface area contributed by atoms with Gasteiger partial charge in [-0.2, -0.15) is 0 Å². The molecule has 2 aromatic rings. The van der Waals surface area contributed by atoms with Crippen molar-refractivity contribution in [2.75, 3.05) is 18.5 Å². The van der Waals surface area contributed by atoms with Crippen LogP contribution in [0.2, 0.25) is 10.0 Å². The Kier molecular flexibility index (Phi) is 7.76. The van der Waals surface area contributed by atoms with Gasteiger partial charge in [-0.3, -0.25) is 4.79 Å². The number of hydrogen-bond donors (Lipinski definition) is 3. The topological polar surface area (TPSA) is 79.5 Å². The average Bonchev–Trinajstić information content (AvgIpc) is 2.61. The molecule has 1 atom stereocenters. The molecule has 0 saturated carbocycles. The molecule has 3 N–H and O–H groups in total. The molecular weight excluding hydrogens is 389 g/mol. The fourth-order valence-electron chi connectivity index (χ4n) is 2.33. The lowest BCUT2D eigenvalue weighted by molar-refractivity contribution is -0.122. The van der Waals surface area contributed by atoms with Crippen molar-refractivity contribution >= 4 is 40.8 Å². The van der Waals surface area contributed by atoms with E-state index < -0.39 is 0 Å². The molecular formula is C19H21Cl2N3O3. The van der Waals surface area contributed by atoms with Gasteiger partial charge in [0.2, 0.25) is 0 Å². The van der Waals surface area contributed by atoms with Crippen LogP contribution in [0.25, 0.3) is 0 Å². The predicted octanol–water partition coefficient (Wildman–Crippen LogP) is 4.39. The molecule has 0 bridgehead atoms. The number of likely N-dealkylation sites (N-methyl/N-ethyl adjacent to an activating group) is 1. The molecule has 8 heteroatoms. The van der Waals surface area contributed by atoms with Gasteiger partial charge < -0.3 is 20.7 Å². The summed E-state index contributed by atoms with van der Waals surface area (Å²) in [5.74, 6) is 0.349. The van der Waals surface area contributed by atoms with Crippen LogP contribution in [0.4, 0.5) is 10.5 Å². The summed E-state index contributed by atoms with van der Waals surface area (Å²) in [5, 5.41) is 9.22. The third kappa shape index (κ3) is 6.66. The van der Waals surface area contributed by atoms with Crippen molar-refractivity contribution in [2.45, 2.75) is 19.9 Å². The van der Waals surface area contributed by atoms with E-state index in [2.05, 4.69) is 16.0 Å². The molecule has 2 aromatic carbocycles. The number of carbonyl (C=O) groups excluding carboxylic acids is 2. The van der Waals surface area contributed by atoms with Crippen LogP contribution < -0.4 is 20.7 Å². The fraction of sp³-hybridized carbons (Fsp3) is 0.263. The van der Waals surface area contributed by atoms with Gasteiger partial charge in [0.15, 0.2) is 6.61 Å². The van der Waals surface area contributed by atoms with E-state index in [0.29, 0.717) is 28.0 Å². The first-order valence-corrected chi connectivity index (χ1v) is 9.16. The molecule has 6 nitrogen and oxygen atoms in total. The van der Waals surface area contributed by atoms with Crippen molar-refractivity contribution in [3.63, 3.8) is 0 Å². The highest BCUT2D eigenvalue weighted by atomic mass is 35.5. The van der Waals surface area contributed by atoms with Gasteiger partial charge in [0.1, 0.15) is 5.75 Å². The maximum atomic E-state index is 12.2. The first kappa shape index (κ1) is 20.9. The lowest BCUT2D eigenvalue weighted by Gasteiger charge is -2.16. The highest BCUT2D eigenvalue weighted by Crippen LogP contribution is 2.26. The van der Waals surface area contributed by atoms with Gasteiger partial charge >= 0.3 is 6.03 Å². The van der Waals surface area contributed by atoms with Crippen molar-refractivity contribution in [1.29, 1.82) is 0 Å². The number of amides is 3. The summed E-state index contributed by atoms with van der Waals surface area (Å²) in [7, 11) is 0. The first-order chi connectivity index (χ1) is 12.9. The Hall–Kier alpha value is -2.44. The minimum absolute atomic E-state index is 0.0551. The van der Waals surface area contributed by atoms with Crippen LogP contribution in [0, 0.1) is 0 Å². The van der Waals surface area contributed by atoms with Crippen LogP contribution in [0.15, 0.2) is 42.5 Å². The Morgan fingerprint density at radius 2 is 1.81 bits per heavy atom. The Bertz CT molecular complexity index is 797. The second-order valence-corrected chi connectivity index (χ2v) is 6.60. The third-order valence-corrected chi connectivity index (χ3v) is 4.20. The summed E-state index contributed by atoms with van der Waals surface area (Å²) in [4.78, 5) is 23.5. The van der Waals surface area contributed by atoms with E-state index in [-0.39, 0.29) is 24.6 Å². The van der Waals surface area contributed by atoms with Crippen LogP contribution in [0.1, 0.15) is 25.5 Å². The highest BCUT2D eigenvalue weighted by Gasteiger charge is 2.13.